The Morgan fingerprint density at radius 1 is 0.825 bits per heavy atom. The Labute approximate surface area is 244 Å². The largest absolute Gasteiger partial charge is 0.379 e. The minimum Gasteiger partial charge on any atom is -0.379 e. The molecule has 0 radical (unpaired) electrons. The van der Waals surface area contributed by atoms with Crippen molar-refractivity contribution in [1.82, 2.24) is 19.4 Å². The fourth-order valence-corrected chi connectivity index (χ4v) is 5.67. The number of urea groups is 1. The molecule has 1 fully saturated rings. The Bertz CT molecular complexity index is 1110. The van der Waals surface area contributed by atoms with Gasteiger partial charge in [-0.25, -0.2) is 9.10 Å². The zero-order valence-electron chi connectivity index (χ0n) is 24.2. The van der Waals surface area contributed by atoms with Crippen LogP contribution in [-0.4, -0.2) is 65.1 Å². The molecule has 214 valence electrons. The number of carbonyl (C=O) groups excluding carboxylic acids is 1. The molecule has 1 saturated heterocycles. The maximum absolute atomic E-state index is 13.2. The summed E-state index contributed by atoms with van der Waals surface area (Å²) < 4.78 is 7.87. The van der Waals surface area contributed by atoms with Crippen LogP contribution in [0.25, 0.3) is 0 Å². The number of nitrogens with zero attached hydrogens (tertiary/aromatic N) is 3. The summed E-state index contributed by atoms with van der Waals surface area (Å²) in [5.74, 6) is 0. The Hall–Kier alpha value is -2.84. The van der Waals surface area contributed by atoms with Gasteiger partial charge in [0.1, 0.15) is 0 Å². The van der Waals surface area contributed by atoms with Crippen molar-refractivity contribution in [3.8, 4) is 0 Å². The second kappa shape index (κ2) is 15.2. The number of benzene rings is 3. The lowest BCUT2D eigenvalue weighted by atomic mass is 10.1. The van der Waals surface area contributed by atoms with Crippen LogP contribution in [0.4, 0.5) is 4.79 Å². The SMILES string of the molecule is CC(C)(C)NC(=O)N(CCCN1CCOCC1)Cc1ccc(SN(Cc2ccccc2)Cc2ccccc2)cc1. The van der Waals surface area contributed by atoms with Gasteiger partial charge in [0.05, 0.1) is 13.2 Å². The quantitative estimate of drug-likeness (QED) is 0.259. The van der Waals surface area contributed by atoms with Gasteiger partial charge in [-0.15, -0.1) is 0 Å². The first-order chi connectivity index (χ1) is 19.3. The van der Waals surface area contributed by atoms with Gasteiger partial charge in [-0.2, -0.15) is 0 Å². The monoisotopic (exact) mass is 560 g/mol. The molecule has 0 unspecified atom stereocenters. The third-order valence-electron chi connectivity index (χ3n) is 6.71. The third kappa shape index (κ3) is 10.6. The van der Waals surface area contributed by atoms with Crippen LogP contribution in [0.5, 0.6) is 0 Å². The van der Waals surface area contributed by atoms with E-state index in [1.165, 1.54) is 16.0 Å². The number of ether oxygens (including phenoxy) is 1. The van der Waals surface area contributed by atoms with Crippen LogP contribution < -0.4 is 5.32 Å². The number of nitrogens with one attached hydrogen (secondary N) is 1. The smallest absolute Gasteiger partial charge is 0.318 e. The lowest BCUT2D eigenvalue weighted by Gasteiger charge is -2.30. The zero-order valence-corrected chi connectivity index (χ0v) is 25.0. The van der Waals surface area contributed by atoms with Gasteiger partial charge in [0.2, 0.25) is 0 Å². The van der Waals surface area contributed by atoms with Crippen LogP contribution in [0.1, 0.15) is 43.9 Å². The van der Waals surface area contributed by atoms with E-state index in [4.69, 9.17) is 4.74 Å². The fraction of sp³-hybridized carbons (Fsp3) is 0.424. The van der Waals surface area contributed by atoms with E-state index in [1.807, 2.05) is 25.7 Å². The van der Waals surface area contributed by atoms with Gasteiger partial charge in [0, 0.05) is 56.2 Å². The van der Waals surface area contributed by atoms with E-state index in [0.29, 0.717) is 6.54 Å². The third-order valence-corrected chi connectivity index (χ3v) is 7.71. The predicted molar refractivity (Wildman–Crippen MR) is 165 cm³/mol. The molecule has 4 rings (SSSR count). The van der Waals surface area contributed by atoms with Crippen molar-refractivity contribution in [3.63, 3.8) is 0 Å². The molecule has 40 heavy (non-hydrogen) atoms. The van der Waals surface area contributed by atoms with Gasteiger partial charge < -0.3 is 15.0 Å². The predicted octanol–water partition coefficient (Wildman–Crippen LogP) is 6.43. The summed E-state index contributed by atoms with van der Waals surface area (Å²) >= 11 is 1.77. The van der Waals surface area contributed by atoms with Crippen molar-refractivity contribution in [2.45, 2.75) is 57.3 Å². The molecular weight excluding hydrogens is 516 g/mol. The van der Waals surface area contributed by atoms with E-state index in [1.54, 1.807) is 11.9 Å². The normalized spacial score (nSPS) is 14.3. The molecule has 7 heteroatoms. The van der Waals surface area contributed by atoms with Crippen LogP contribution in [0, 0.1) is 0 Å². The lowest BCUT2D eigenvalue weighted by molar-refractivity contribution is 0.0364. The molecule has 1 aliphatic rings. The van der Waals surface area contributed by atoms with Gasteiger partial charge in [0.25, 0.3) is 0 Å². The number of hydrogen-bond donors (Lipinski definition) is 1. The van der Waals surface area contributed by atoms with Crippen molar-refractivity contribution in [3.05, 3.63) is 102 Å². The van der Waals surface area contributed by atoms with Crippen molar-refractivity contribution < 1.29 is 9.53 Å². The maximum Gasteiger partial charge on any atom is 0.318 e. The summed E-state index contributed by atoms with van der Waals surface area (Å²) in [4.78, 5) is 18.7. The molecule has 1 N–H and O–H groups in total. The van der Waals surface area contributed by atoms with E-state index in [-0.39, 0.29) is 11.6 Å². The van der Waals surface area contributed by atoms with E-state index < -0.39 is 0 Å². The molecule has 0 spiro atoms. The second-order valence-electron chi connectivity index (χ2n) is 11.4. The summed E-state index contributed by atoms with van der Waals surface area (Å²) in [6.07, 6.45) is 0.944. The topological polar surface area (TPSA) is 48.1 Å². The zero-order chi connectivity index (χ0) is 28.2. The number of rotatable bonds is 12. The van der Waals surface area contributed by atoms with Crippen LogP contribution in [0.2, 0.25) is 0 Å². The number of amides is 2. The standard InChI is InChI=1S/C33H44N4O2S/c1-33(2,3)34-32(38)36(20-10-19-35-21-23-39-24-22-35)25-30-15-17-31(18-16-30)40-37(26-28-11-6-4-7-12-28)27-29-13-8-5-9-14-29/h4-9,11-18H,10,19-27H2,1-3H3,(H,34,38). The van der Waals surface area contributed by atoms with Crippen LogP contribution in [0.3, 0.4) is 0 Å². The average molecular weight is 561 g/mol. The highest BCUT2D eigenvalue weighted by molar-refractivity contribution is 7.97. The number of hydrogen-bond acceptors (Lipinski definition) is 5. The van der Waals surface area contributed by atoms with Gasteiger partial charge in [-0.1, -0.05) is 72.8 Å². The summed E-state index contributed by atoms with van der Waals surface area (Å²) in [6, 6.07) is 29.9. The molecule has 3 aromatic carbocycles. The first kappa shape index (κ1) is 30.1. The molecule has 0 saturated carbocycles. The molecule has 1 heterocycles. The molecule has 0 atom stereocenters. The van der Waals surface area contributed by atoms with Crippen molar-refractivity contribution in [1.29, 1.82) is 0 Å². The van der Waals surface area contributed by atoms with E-state index in [2.05, 4.69) is 99.5 Å². The number of morpholine rings is 1. The summed E-state index contributed by atoms with van der Waals surface area (Å²) in [7, 11) is 0. The Balaban J connectivity index is 1.39. The van der Waals surface area contributed by atoms with Crippen molar-refractivity contribution >= 4 is 18.0 Å². The maximum atomic E-state index is 13.2. The highest BCUT2D eigenvalue weighted by Gasteiger charge is 2.20. The van der Waals surface area contributed by atoms with Gasteiger partial charge in [-0.3, -0.25) is 4.90 Å². The summed E-state index contributed by atoms with van der Waals surface area (Å²) in [5, 5.41) is 3.15. The molecule has 0 bridgehead atoms. The van der Waals surface area contributed by atoms with Crippen LogP contribution in [0.15, 0.2) is 89.8 Å². The molecule has 1 aliphatic heterocycles. The molecule has 0 aliphatic carbocycles. The van der Waals surface area contributed by atoms with Crippen LogP contribution in [-0.2, 0) is 24.4 Å². The molecule has 3 aromatic rings. The van der Waals surface area contributed by atoms with E-state index in [0.717, 1.165) is 64.5 Å². The van der Waals surface area contributed by atoms with Crippen molar-refractivity contribution in [2.75, 3.05) is 39.4 Å². The molecular formula is C33H44N4O2S. The Morgan fingerprint density at radius 2 is 1.38 bits per heavy atom. The lowest BCUT2D eigenvalue weighted by Crippen LogP contribution is -2.49. The minimum absolute atomic E-state index is 0.00942. The van der Waals surface area contributed by atoms with Gasteiger partial charge in [0.15, 0.2) is 0 Å². The van der Waals surface area contributed by atoms with Gasteiger partial charge >= 0.3 is 6.03 Å². The average Bonchev–Trinajstić information content (AvgIpc) is 2.94. The highest BCUT2D eigenvalue weighted by atomic mass is 32.2. The molecule has 6 nitrogen and oxygen atoms in total. The van der Waals surface area contributed by atoms with Gasteiger partial charge in [-0.05, 0) is 68.0 Å². The summed E-state index contributed by atoms with van der Waals surface area (Å²) in [5.41, 5.74) is 3.44. The first-order valence-corrected chi connectivity index (χ1v) is 15.1. The van der Waals surface area contributed by atoms with E-state index in [9.17, 15) is 4.79 Å². The number of carbonyl (C=O) groups is 1. The minimum atomic E-state index is -0.277. The summed E-state index contributed by atoms with van der Waals surface area (Å²) in [6.45, 7) is 13.6. The van der Waals surface area contributed by atoms with E-state index >= 15 is 0 Å². The highest BCUT2D eigenvalue weighted by Crippen LogP contribution is 2.27. The van der Waals surface area contributed by atoms with Crippen LogP contribution >= 0.6 is 11.9 Å². The second-order valence-corrected chi connectivity index (χ2v) is 12.6. The molecule has 2 amide bonds. The Kier molecular flexibility index (Phi) is 11.5. The first-order valence-electron chi connectivity index (χ1n) is 14.3. The fourth-order valence-electron chi connectivity index (χ4n) is 4.68. The molecule has 0 aromatic heterocycles. The van der Waals surface area contributed by atoms with Crippen molar-refractivity contribution in [2.24, 2.45) is 0 Å². The Morgan fingerprint density at radius 3 is 1.93 bits per heavy atom.